The maximum atomic E-state index is 7.65. The summed E-state index contributed by atoms with van der Waals surface area (Å²) in [7, 11) is 0. The van der Waals surface area contributed by atoms with Gasteiger partial charge in [-0.15, -0.1) is 0 Å². The first-order chi connectivity index (χ1) is 8.34. The smallest absolute Gasteiger partial charge is 0.173 e. The minimum Gasteiger partial charge on any atom is -0.340 e. The summed E-state index contributed by atoms with van der Waals surface area (Å²) in [6.07, 6.45) is 6.72. The Bertz CT molecular complexity index is 697. The van der Waals surface area contributed by atoms with Gasteiger partial charge in [-0.05, 0) is 17.7 Å². The van der Waals surface area contributed by atoms with Crippen molar-refractivity contribution in [3.05, 3.63) is 48.2 Å². The molecular weight excluding hydrogens is 216 g/mol. The highest BCUT2D eigenvalue weighted by Gasteiger charge is 2.04. The lowest BCUT2D eigenvalue weighted by Gasteiger charge is -2.06. The van der Waals surface area contributed by atoms with E-state index in [-0.39, 0.29) is 5.49 Å². The third-order valence-electron chi connectivity index (χ3n) is 2.56. The molecule has 3 aromatic heterocycles. The van der Waals surface area contributed by atoms with E-state index >= 15 is 0 Å². The first-order valence-electron chi connectivity index (χ1n) is 5.16. The van der Waals surface area contributed by atoms with Crippen LogP contribution in [0.5, 0.6) is 0 Å². The first-order valence-corrected chi connectivity index (χ1v) is 5.16. The van der Waals surface area contributed by atoms with Gasteiger partial charge in [0, 0.05) is 12.4 Å². The summed E-state index contributed by atoms with van der Waals surface area (Å²) in [6.45, 7) is 0.664. The third-order valence-corrected chi connectivity index (χ3v) is 2.56. The van der Waals surface area contributed by atoms with Crippen molar-refractivity contribution in [1.82, 2.24) is 24.5 Å². The molecule has 0 aliphatic rings. The van der Waals surface area contributed by atoms with E-state index in [1.165, 1.54) is 0 Å². The summed E-state index contributed by atoms with van der Waals surface area (Å²) in [5.41, 5.74) is 2.72. The second kappa shape index (κ2) is 3.82. The Morgan fingerprint density at radius 1 is 1.24 bits per heavy atom. The molecule has 6 heteroatoms. The monoisotopic (exact) mass is 226 g/mol. The second-order valence-corrected chi connectivity index (χ2v) is 3.68. The fourth-order valence-electron chi connectivity index (χ4n) is 1.73. The van der Waals surface area contributed by atoms with Crippen LogP contribution >= 0.6 is 0 Å². The topological polar surface area (TPSA) is 83.2 Å². The molecule has 0 amide bonds. The van der Waals surface area contributed by atoms with Gasteiger partial charge in [-0.3, -0.25) is 10.4 Å². The molecule has 0 saturated carbocycles. The highest BCUT2D eigenvalue weighted by atomic mass is 15.1. The van der Waals surface area contributed by atoms with Crippen LogP contribution in [0.25, 0.3) is 11.2 Å². The van der Waals surface area contributed by atoms with Crippen LogP contribution in [0.15, 0.2) is 37.2 Å². The van der Waals surface area contributed by atoms with Crippen LogP contribution in [0.3, 0.4) is 0 Å². The highest BCUT2D eigenvalue weighted by molar-refractivity contribution is 5.68. The van der Waals surface area contributed by atoms with Crippen molar-refractivity contribution in [1.29, 1.82) is 5.41 Å². The minimum absolute atomic E-state index is 0.212. The normalized spacial score (nSPS) is 10.8. The van der Waals surface area contributed by atoms with Gasteiger partial charge >= 0.3 is 0 Å². The van der Waals surface area contributed by atoms with Crippen molar-refractivity contribution in [2.45, 2.75) is 6.54 Å². The number of nitrogens with zero attached hydrogens (tertiary/aromatic N) is 4. The van der Waals surface area contributed by atoms with Gasteiger partial charge in [0.25, 0.3) is 0 Å². The Labute approximate surface area is 96.5 Å². The lowest BCUT2D eigenvalue weighted by molar-refractivity contribution is 0.782. The molecule has 3 rings (SSSR count). The number of hydrogen-bond donors (Lipinski definition) is 2. The molecule has 2 N–H and O–H groups in total. The Morgan fingerprint density at radius 2 is 2.06 bits per heavy atom. The zero-order valence-electron chi connectivity index (χ0n) is 8.96. The van der Waals surface area contributed by atoms with Crippen molar-refractivity contribution < 1.29 is 0 Å². The van der Waals surface area contributed by atoms with Crippen molar-refractivity contribution in [3.63, 3.8) is 0 Å². The predicted molar refractivity (Wildman–Crippen MR) is 61.1 cm³/mol. The molecule has 0 spiro atoms. The molecule has 0 aromatic carbocycles. The zero-order valence-corrected chi connectivity index (χ0v) is 8.96. The highest BCUT2D eigenvalue weighted by Crippen LogP contribution is 2.06. The second-order valence-electron chi connectivity index (χ2n) is 3.68. The van der Waals surface area contributed by atoms with Crippen LogP contribution in [0, 0.1) is 5.41 Å². The van der Waals surface area contributed by atoms with Crippen molar-refractivity contribution in [2.75, 3.05) is 0 Å². The van der Waals surface area contributed by atoms with Gasteiger partial charge in [0.05, 0.1) is 19.2 Å². The average molecular weight is 226 g/mol. The Kier molecular flexibility index (Phi) is 2.18. The lowest BCUT2D eigenvalue weighted by atomic mass is 10.3. The van der Waals surface area contributed by atoms with Gasteiger partial charge in [0.1, 0.15) is 5.52 Å². The summed E-state index contributed by atoms with van der Waals surface area (Å²) in [5, 5.41) is 7.65. The molecule has 17 heavy (non-hydrogen) atoms. The Balaban J connectivity index is 2.10. The molecule has 0 atom stereocenters. The SMILES string of the molecule is N=c1ncn(Cc2ccncc2)c2nc[nH]c12. The summed E-state index contributed by atoms with van der Waals surface area (Å²) in [5.74, 6) is 0. The molecule has 0 unspecified atom stereocenters. The maximum Gasteiger partial charge on any atom is 0.173 e. The molecule has 84 valence electrons. The van der Waals surface area contributed by atoms with Gasteiger partial charge in [-0.1, -0.05) is 0 Å². The molecule has 0 fully saturated rings. The van der Waals surface area contributed by atoms with E-state index in [2.05, 4.69) is 19.9 Å². The standard InChI is InChI=1S/C11H10N6/c12-10-9-11(15-6-14-9)17(7-16-10)5-8-1-3-13-4-2-8/h1-4,6-7,12H,5H2,(H,14,15). The van der Waals surface area contributed by atoms with Gasteiger partial charge in [-0.25, -0.2) is 9.97 Å². The largest absolute Gasteiger partial charge is 0.340 e. The zero-order chi connectivity index (χ0) is 11.7. The van der Waals surface area contributed by atoms with Crippen LogP contribution in [-0.4, -0.2) is 24.5 Å². The van der Waals surface area contributed by atoms with E-state index in [1.54, 1.807) is 25.0 Å². The van der Waals surface area contributed by atoms with E-state index < -0.39 is 0 Å². The van der Waals surface area contributed by atoms with E-state index in [9.17, 15) is 0 Å². The van der Waals surface area contributed by atoms with Crippen LogP contribution in [0.4, 0.5) is 0 Å². The number of fused-ring (bicyclic) bond motifs is 1. The summed E-state index contributed by atoms with van der Waals surface area (Å²) in [4.78, 5) is 15.1. The fraction of sp³-hybridized carbons (Fsp3) is 0.0909. The van der Waals surface area contributed by atoms with Gasteiger partial charge in [0.15, 0.2) is 11.1 Å². The quantitative estimate of drug-likeness (QED) is 0.674. The lowest BCUT2D eigenvalue weighted by Crippen LogP contribution is -2.13. The molecular formula is C11H10N6. The molecule has 0 aliphatic heterocycles. The summed E-state index contributed by atoms with van der Waals surface area (Å²) in [6, 6.07) is 3.89. The first kappa shape index (κ1) is 9.71. The van der Waals surface area contributed by atoms with E-state index in [0.717, 1.165) is 11.2 Å². The van der Waals surface area contributed by atoms with E-state index in [0.29, 0.717) is 12.1 Å². The van der Waals surface area contributed by atoms with Crippen molar-refractivity contribution in [3.8, 4) is 0 Å². The van der Waals surface area contributed by atoms with Crippen LogP contribution in [0.2, 0.25) is 0 Å². The molecule has 3 heterocycles. The van der Waals surface area contributed by atoms with Gasteiger partial charge in [-0.2, -0.15) is 0 Å². The summed E-state index contributed by atoms with van der Waals surface area (Å²) < 4.78 is 1.90. The molecule has 0 saturated heterocycles. The Morgan fingerprint density at radius 3 is 2.88 bits per heavy atom. The minimum atomic E-state index is 0.212. The number of rotatable bonds is 2. The number of aromatic amines is 1. The number of H-pyrrole nitrogens is 1. The molecule has 0 bridgehead atoms. The van der Waals surface area contributed by atoms with Crippen molar-refractivity contribution >= 4 is 11.2 Å². The maximum absolute atomic E-state index is 7.65. The number of imidazole rings is 1. The number of nitrogens with one attached hydrogen (secondary N) is 2. The average Bonchev–Trinajstić information content (AvgIpc) is 2.84. The van der Waals surface area contributed by atoms with Crippen LogP contribution in [-0.2, 0) is 6.54 Å². The number of pyridine rings is 1. The molecule has 0 aliphatic carbocycles. The number of hydrogen-bond acceptors (Lipinski definition) is 4. The summed E-state index contributed by atoms with van der Waals surface area (Å²) >= 11 is 0. The van der Waals surface area contributed by atoms with Gasteiger partial charge < -0.3 is 9.55 Å². The van der Waals surface area contributed by atoms with Crippen molar-refractivity contribution in [2.24, 2.45) is 0 Å². The molecule has 0 radical (unpaired) electrons. The molecule has 3 aromatic rings. The van der Waals surface area contributed by atoms with E-state index in [4.69, 9.17) is 5.41 Å². The third kappa shape index (κ3) is 1.69. The van der Waals surface area contributed by atoms with E-state index in [1.807, 2.05) is 16.7 Å². The Hall–Kier alpha value is -2.50. The number of aromatic nitrogens is 5. The van der Waals surface area contributed by atoms with Crippen LogP contribution < -0.4 is 5.49 Å². The fourth-order valence-corrected chi connectivity index (χ4v) is 1.73. The predicted octanol–water partition coefficient (Wildman–Crippen LogP) is 0.682. The van der Waals surface area contributed by atoms with Gasteiger partial charge in [0.2, 0.25) is 0 Å². The van der Waals surface area contributed by atoms with Crippen LogP contribution in [0.1, 0.15) is 5.56 Å². The molecule has 6 nitrogen and oxygen atoms in total.